The van der Waals surface area contributed by atoms with Crippen LogP contribution in [-0.4, -0.2) is 25.0 Å². The Labute approximate surface area is 154 Å². The number of benzene rings is 2. The van der Waals surface area contributed by atoms with Gasteiger partial charge in [0.15, 0.2) is 0 Å². The lowest BCUT2D eigenvalue weighted by Crippen LogP contribution is -2.45. The van der Waals surface area contributed by atoms with Crippen LogP contribution >= 0.6 is 0 Å². The summed E-state index contributed by atoms with van der Waals surface area (Å²) in [7, 11) is 1.59. The Kier molecular flexibility index (Phi) is 6.03. The fourth-order valence-electron chi connectivity index (χ4n) is 2.58. The van der Waals surface area contributed by atoms with Gasteiger partial charge in [0, 0.05) is 12.0 Å². The lowest BCUT2D eigenvalue weighted by atomic mass is 9.86. The van der Waals surface area contributed by atoms with E-state index in [0.717, 1.165) is 16.9 Å². The molecular weight excluding hydrogens is 328 g/mol. The molecule has 5 nitrogen and oxygen atoms in total. The summed E-state index contributed by atoms with van der Waals surface area (Å²) < 4.78 is 5.12. The molecule has 0 fully saturated rings. The maximum atomic E-state index is 12.5. The van der Waals surface area contributed by atoms with Gasteiger partial charge >= 0.3 is 0 Å². The molecule has 1 atom stereocenters. The molecule has 3 N–H and O–H groups in total. The molecule has 2 aromatic rings. The molecule has 0 radical (unpaired) electrons. The molecular formula is C21H26N2O3. The summed E-state index contributed by atoms with van der Waals surface area (Å²) in [5.41, 5.74) is 8.01. The molecule has 26 heavy (non-hydrogen) atoms. The Balaban J connectivity index is 2.08. The minimum atomic E-state index is -0.779. The summed E-state index contributed by atoms with van der Waals surface area (Å²) in [6, 6.07) is 13.9. The average molecular weight is 354 g/mol. The number of carbonyl (C=O) groups excluding carboxylic acids is 2. The molecule has 2 rings (SSSR count). The predicted molar refractivity (Wildman–Crippen MR) is 102 cm³/mol. The number of hydrogen-bond acceptors (Lipinski definition) is 3. The Morgan fingerprint density at radius 1 is 1.04 bits per heavy atom. The fraction of sp³-hybridized carbons (Fsp3) is 0.333. The van der Waals surface area contributed by atoms with E-state index in [0.29, 0.717) is 12.0 Å². The van der Waals surface area contributed by atoms with Gasteiger partial charge in [-0.2, -0.15) is 0 Å². The average Bonchev–Trinajstić information content (AvgIpc) is 2.61. The van der Waals surface area contributed by atoms with Gasteiger partial charge in [-0.1, -0.05) is 45.0 Å². The lowest BCUT2D eigenvalue weighted by molar-refractivity contribution is -0.119. The van der Waals surface area contributed by atoms with Crippen LogP contribution in [0, 0.1) is 0 Å². The van der Waals surface area contributed by atoms with E-state index in [9.17, 15) is 9.59 Å². The minimum Gasteiger partial charge on any atom is -0.497 e. The smallest absolute Gasteiger partial charge is 0.251 e. The molecule has 138 valence electrons. The van der Waals surface area contributed by atoms with Crippen LogP contribution < -0.4 is 15.8 Å². The number of ether oxygens (including phenoxy) is 1. The first-order valence-electron chi connectivity index (χ1n) is 8.54. The second-order valence-electron chi connectivity index (χ2n) is 7.31. The topological polar surface area (TPSA) is 81.4 Å². The van der Waals surface area contributed by atoms with E-state index in [1.54, 1.807) is 31.4 Å². The van der Waals surface area contributed by atoms with Gasteiger partial charge in [-0.3, -0.25) is 9.59 Å². The quantitative estimate of drug-likeness (QED) is 0.837. The molecule has 0 saturated heterocycles. The highest BCUT2D eigenvalue weighted by Crippen LogP contribution is 2.22. The summed E-state index contributed by atoms with van der Waals surface area (Å²) in [5.74, 6) is -0.157. The number of nitrogens with two attached hydrogens (primary N) is 1. The lowest BCUT2D eigenvalue weighted by Gasteiger charge is -2.19. The third kappa shape index (κ3) is 5.09. The molecule has 0 spiro atoms. The van der Waals surface area contributed by atoms with E-state index >= 15 is 0 Å². The zero-order chi connectivity index (χ0) is 19.3. The van der Waals surface area contributed by atoms with Crippen molar-refractivity contribution >= 4 is 11.8 Å². The van der Waals surface area contributed by atoms with Gasteiger partial charge in [0.2, 0.25) is 5.91 Å². The number of amides is 2. The van der Waals surface area contributed by atoms with Gasteiger partial charge < -0.3 is 15.8 Å². The molecule has 0 aliphatic carbocycles. The largest absolute Gasteiger partial charge is 0.497 e. The van der Waals surface area contributed by atoms with Crippen LogP contribution in [0.1, 0.15) is 42.3 Å². The van der Waals surface area contributed by atoms with Gasteiger partial charge in [-0.15, -0.1) is 0 Å². The highest BCUT2D eigenvalue weighted by Gasteiger charge is 2.20. The van der Waals surface area contributed by atoms with Crippen LogP contribution in [0.15, 0.2) is 48.5 Å². The predicted octanol–water partition coefficient (Wildman–Crippen LogP) is 2.82. The van der Waals surface area contributed by atoms with Crippen LogP contribution in [0.5, 0.6) is 5.75 Å². The van der Waals surface area contributed by atoms with Crippen LogP contribution in [0.4, 0.5) is 0 Å². The van der Waals surface area contributed by atoms with Crippen molar-refractivity contribution in [1.29, 1.82) is 0 Å². The summed E-state index contributed by atoms with van der Waals surface area (Å²) in [5, 5.41) is 2.72. The van der Waals surface area contributed by atoms with E-state index in [1.165, 1.54) is 0 Å². The van der Waals surface area contributed by atoms with Gasteiger partial charge in [0.25, 0.3) is 5.91 Å². The third-order valence-corrected chi connectivity index (χ3v) is 4.26. The molecule has 0 aromatic heterocycles. The number of carbonyl (C=O) groups is 2. The van der Waals surface area contributed by atoms with E-state index in [1.807, 2.05) is 24.3 Å². The van der Waals surface area contributed by atoms with Gasteiger partial charge in [-0.05, 0) is 40.8 Å². The van der Waals surface area contributed by atoms with Crippen LogP contribution in [0.25, 0.3) is 0 Å². The monoisotopic (exact) mass is 354 g/mol. The first kappa shape index (κ1) is 19.5. The molecule has 2 amide bonds. The molecule has 0 saturated carbocycles. The van der Waals surface area contributed by atoms with Gasteiger partial charge in [0.1, 0.15) is 11.8 Å². The van der Waals surface area contributed by atoms with Crippen molar-refractivity contribution in [3.63, 3.8) is 0 Å². The van der Waals surface area contributed by atoms with E-state index in [-0.39, 0.29) is 11.3 Å². The van der Waals surface area contributed by atoms with Crippen molar-refractivity contribution in [2.45, 2.75) is 38.6 Å². The molecule has 0 aliphatic heterocycles. The van der Waals surface area contributed by atoms with Crippen LogP contribution in [-0.2, 0) is 16.6 Å². The summed E-state index contributed by atoms with van der Waals surface area (Å²) in [6.45, 7) is 6.33. The Hall–Kier alpha value is -2.82. The fourth-order valence-corrected chi connectivity index (χ4v) is 2.58. The van der Waals surface area contributed by atoms with Crippen LogP contribution in [0.3, 0.4) is 0 Å². The minimum absolute atomic E-state index is 0.0130. The summed E-state index contributed by atoms with van der Waals surface area (Å²) in [4.78, 5) is 24.2. The zero-order valence-electron chi connectivity index (χ0n) is 15.7. The summed E-state index contributed by atoms with van der Waals surface area (Å²) in [6.07, 6.45) is 0.325. The Bertz CT molecular complexity index is 759. The van der Waals surface area contributed by atoms with Crippen LogP contribution in [0.2, 0.25) is 0 Å². The maximum Gasteiger partial charge on any atom is 0.251 e. The molecule has 5 heteroatoms. The normalized spacial score (nSPS) is 12.3. The van der Waals surface area contributed by atoms with Crippen molar-refractivity contribution < 1.29 is 14.3 Å². The van der Waals surface area contributed by atoms with Crippen molar-refractivity contribution in [3.05, 3.63) is 65.2 Å². The van der Waals surface area contributed by atoms with E-state index < -0.39 is 11.9 Å². The second-order valence-corrected chi connectivity index (χ2v) is 7.31. The Morgan fingerprint density at radius 2 is 1.62 bits per heavy atom. The molecule has 0 aliphatic rings. The van der Waals surface area contributed by atoms with E-state index in [4.69, 9.17) is 10.5 Å². The molecule has 0 unspecified atom stereocenters. The van der Waals surface area contributed by atoms with Gasteiger partial charge in [0.05, 0.1) is 7.11 Å². The highest BCUT2D eigenvalue weighted by atomic mass is 16.5. The SMILES string of the molecule is COc1ccc(C[C@@H](NC(=O)c2ccc(C(C)(C)C)cc2)C(N)=O)cc1. The number of hydrogen-bond donors (Lipinski definition) is 2. The Morgan fingerprint density at radius 3 is 2.08 bits per heavy atom. The van der Waals surface area contributed by atoms with Crippen molar-refractivity contribution in [2.24, 2.45) is 5.73 Å². The molecule has 0 bridgehead atoms. The standard InChI is InChI=1S/C21H26N2O3/c1-21(2,3)16-9-7-15(8-10-16)20(25)23-18(19(22)24)13-14-5-11-17(26-4)12-6-14/h5-12,18H,13H2,1-4H3,(H2,22,24)(H,23,25)/t18-/m1/s1. The molecule has 0 heterocycles. The zero-order valence-corrected chi connectivity index (χ0v) is 15.7. The molecule has 2 aromatic carbocycles. The first-order valence-corrected chi connectivity index (χ1v) is 8.54. The maximum absolute atomic E-state index is 12.5. The first-order chi connectivity index (χ1) is 12.2. The van der Waals surface area contributed by atoms with Crippen molar-refractivity contribution in [2.75, 3.05) is 7.11 Å². The van der Waals surface area contributed by atoms with Crippen molar-refractivity contribution in [3.8, 4) is 5.75 Å². The highest BCUT2D eigenvalue weighted by molar-refractivity contribution is 5.97. The number of methoxy groups -OCH3 is 1. The number of primary amides is 1. The van der Waals surface area contributed by atoms with E-state index in [2.05, 4.69) is 26.1 Å². The number of nitrogens with one attached hydrogen (secondary N) is 1. The summed E-state index contributed by atoms with van der Waals surface area (Å²) >= 11 is 0. The third-order valence-electron chi connectivity index (χ3n) is 4.26. The van der Waals surface area contributed by atoms with Crippen molar-refractivity contribution in [1.82, 2.24) is 5.32 Å². The second kappa shape index (κ2) is 8.04. The van der Waals surface area contributed by atoms with Gasteiger partial charge in [-0.25, -0.2) is 0 Å². The number of rotatable bonds is 6.